The fraction of sp³-hybridized carbons (Fsp3) is 0.182. The summed E-state index contributed by atoms with van der Waals surface area (Å²) in [5.41, 5.74) is 2.14. The van der Waals surface area contributed by atoms with E-state index in [0.717, 1.165) is 10.5 Å². The lowest BCUT2D eigenvalue weighted by Gasteiger charge is -2.13. The number of likely N-dealkylation sites (N-methyl/N-ethyl adjacent to an activating group) is 1. The largest absolute Gasteiger partial charge is 0.493 e. The molecule has 0 unspecified atom stereocenters. The minimum Gasteiger partial charge on any atom is -0.493 e. The average Bonchev–Trinajstić information content (AvgIpc) is 2.92. The van der Waals surface area contributed by atoms with E-state index in [2.05, 4.69) is 0 Å². The van der Waals surface area contributed by atoms with Crippen LogP contribution in [0.3, 0.4) is 0 Å². The van der Waals surface area contributed by atoms with Gasteiger partial charge in [-0.15, -0.1) is 0 Å². The van der Waals surface area contributed by atoms with Crippen LogP contribution in [-0.2, 0) is 9.59 Å². The Morgan fingerprint density at radius 2 is 1.25 bits per heavy atom. The molecule has 0 aliphatic carbocycles. The zero-order valence-electron chi connectivity index (χ0n) is 16.2. The van der Waals surface area contributed by atoms with Crippen molar-refractivity contribution in [3.63, 3.8) is 0 Å². The first kappa shape index (κ1) is 19.2. The summed E-state index contributed by atoms with van der Waals surface area (Å²) in [5, 5.41) is 0. The molecule has 6 nitrogen and oxygen atoms in total. The highest BCUT2D eigenvalue weighted by Gasteiger charge is 2.36. The molecule has 2 aromatic rings. The number of imide groups is 1. The Balaban J connectivity index is 2.14. The first-order chi connectivity index (χ1) is 13.5. The van der Waals surface area contributed by atoms with Crippen LogP contribution in [0.2, 0.25) is 0 Å². The number of likely N-dealkylation sites (tertiary alicyclic amines) is 1. The summed E-state index contributed by atoms with van der Waals surface area (Å²) in [5.74, 6) is 0.687. The Bertz CT molecular complexity index is 951. The summed E-state index contributed by atoms with van der Waals surface area (Å²) in [6.07, 6.45) is 3.37. The van der Waals surface area contributed by atoms with Gasteiger partial charge < -0.3 is 14.2 Å². The topological polar surface area (TPSA) is 65.1 Å². The molecule has 1 saturated heterocycles. The smallest absolute Gasteiger partial charge is 0.261 e. The lowest BCUT2D eigenvalue weighted by Crippen LogP contribution is -2.24. The molecule has 0 spiro atoms. The van der Waals surface area contributed by atoms with E-state index in [-0.39, 0.29) is 11.8 Å². The van der Waals surface area contributed by atoms with Gasteiger partial charge in [0.05, 0.1) is 32.5 Å². The molecule has 3 rings (SSSR count). The van der Waals surface area contributed by atoms with Crippen molar-refractivity contribution in [1.29, 1.82) is 0 Å². The molecule has 1 aliphatic rings. The highest BCUT2D eigenvalue weighted by atomic mass is 16.5. The number of carbonyl (C=O) groups is 2. The van der Waals surface area contributed by atoms with Crippen LogP contribution in [0.15, 0.2) is 53.6 Å². The molecular formula is C22H21NO5. The van der Waals surface area contributed by atoms with Gasteiger partial charge >= 0.3 is 0 Å². The van der Waals surface area contributed by atoms with Crippen molar-refractivity contribution in [1.82, 2.24) is 4.90 Å². The maximum absolute atomic E-state index is 12.7. The Hall–Kier alpha value is -3.54. The molecule has 0 atom stereocenters. The van der Waals surface area contributed by atoms with Gasteiger partial charge in [0.25, 0.3) is 11.8 Å². The van der Waals surface area contributed by atoms with Crippen molar-refractivity contribution in [2.24, 2.45) is 0 Å². The van der Waals surface area contributed by atoms with Crippen LogP contribution in [0.5, 0.6) is 17.2 Å². The van der Waals surface area contributed by atoms with Crippen LogP contribution in [0.25, 0.3) is 12.2 Å². The summed E-state index contributed by atoms with van der Waals surface area (Å²) < 4.78 is 16.1. The second-order valence-corrected chi connectivity index (χ2v) is 6.15. The molecule has 0 N–H and O–H groups in total. The second kappa shape index (κ2) is 8.00. The maximum atomic E-state index is 12.7. The van der Waals surface area contributed by atoms with Crippen LogP contribution in [-0.4, -0.2) is 45.1 Å². The van der Waals surface area contributed by atoms with Gasteiger partial charge in [-0.1, -0.05) is 30.3 Å². The molecule has 0 bridgehead atoms. The van der Waals surface area contributed by atoms with E-state index in [9.17, 15) is 9.59 Å². The summed E-state index contributed by atoms with van der Waals surface area (Å²) in [4.78, 5) is 26.4. The minimum atomic E-state index is -0.360. The Kier molecular flexibility index (Phi) is 5.49. The van der Waals surface area contributed by atoms with Gasteiger partial charge in [-0.3, -0.25) is 14.5 Å². The molecule has 2 aromatic carbocycles. The number of hydrogen-bond acceptors (Lipinski definition) is 5. The Labute approximate surface area is 163 Å². The summed E-state index contributed by atoms with van der Waals surface area (Å²) in [6, 6.07) is 12.8. The van der Waals surface area contributed by atoms with E-state index in [0.29, 0.717) is 34.0 Å². The first-order valence-corrected chi connectivity index (χ1v) is 8.61. The van der Waals surface area contributed by atoms with E-state index >= 15 is 0 Å². The predicted molar refractivity (Wildman–Crippen MR) is 106 cm³/mol. The normalized spacial score (nSPS) is 16.8. The molecule has 0 aromatic heterocycles. The molecule has 1 aliphatic heterocycles. The van der Waals surface area contributed by atoms with Crippen LogP contribution >= 0.6 is 0 Å². The fourth-order valence-electron chi connectivity index (χ4n) is 3.03. The summed E-state index contributed by atoms with van der Waals surface area (Å²) in [7, 11) is 6.03. The van der Waals surface area contributed by atoms with Crippen LogP contribution in [0.4, 0.5) is 0 Å². The lowest BCUT2D eigenvalue weighted by molar-refractivity contribution is -0.134. The number of amides is 2. The molecule has 0 saturated carbocycles. The molecule has 144 valence electrons. The van der Waals surface area contributed by atoms with Gasteiger partial charge in [-0.05, 0) is 35.4 Å². The Morgan fingerprint density at radius 1 is 0.750 bits per heavy atom. The third-order valence-electron chi connectivity index (χ3n) is 4.47. The number of rotatable bonds is 5. The molecule has 1 heterocycles. The lowest BCUT2D eigenvalue weighted by atomic mass is 10.0. The van der Waals surface area contributed by atoms with E-state index in [1.54, 1.807) is 24.3 Å². The van der Waals surface area contributed by atoms with Gasteiger partial charge in [0.1, 0.15) is 0 Å². The van der Waals surface area contributed by atoms with Crippen molar-refractivity contribution >= 4 is 24.0 Å². The number of methoxy groups -OCH3 is 3. The first-order valence-electron chi connectivity index (χ1n) is 8.61. The molecule has 6 heteroatoms. The number of ether oxygens (including phenoxy) is 3. The van der Waals surface area contributed by atoms with Crippen molar-refractivity contribution < 1.29 is 23.8 Å². The molecule has 0 radical (unpaired) electrons. The van der Waals surface area contributed by atoms with Crippen LogP contribution in [0, 0.1) is 0 Å². The predicted octanol–water partition coefficient (Wildman–Crippen LogP) is 3.18. The average molecular weight is 379 g/mol. The standard InChI is InChI=1S/C22H21NO5/c1-23-21(24)16(10-14-8-6-5-7-9-14)17(22(23)25)11-15-12-18(26-2)20(28-4)19(13-15)27-3/h5-13H,1-4H3. The van der Waals surface area contributed by atoms with Gasteiger partial charge in [-0.25, -0.2) is 0 Å². The van der Waals surface area contributed by atoms with Gasteiger partial charge in [-0.2, -0.15) is 0 Å². The monoisotopic (exact) mass is 379 g/mol. The van der Waals surface area contributed by atoms with Crippen molar-refractivity contribution in [2.75, 3.05) is 28.4 Å². The fourth-order valence-corrected chi connectivity index (χ4v) is 3.03. The van der Waals surface area contributed by atoms with Gasteiger partial charge in [0.15, 0.2) is 11.5 Å². The van der Waals surface area contributed by atoms with Crippen LogP contribution < -0.4 is 14.2 Å². The zero-order chi connectivity index (χ0) is 20.3. The van der Waals surface area contributed by atoms with Crippen molar-refractivity contribution in [2.45, 2.75) is 0 Å². The molecule has 1 fully saturated rings. The molecule has 2 amide bonds. The number of hydrogen-bond donors (Lipinski definition) is 0. The van der Waals surface area contributed by atoms with E-state index < -0.39 is 0 Å². The number of carbonyl (C=O) groups excluding carboxylic acids is 2. The number of benzene rings is 2. The Morgan fingerprint density at radius 3 is 1.71 bits per heavy atom. The summed E-state index contributed by atoms with van der Waals surface area (Å²) >= 11 is 0. The number of nitrogens with zero attached hydrogens (tertiary/aromatic N) is 1. The highest BCUT2D eigenvalue weighted by Crippen LogP contribution is 2.39. The van der Waals surface area contributed by atoms with Crippen molar-refractivity contribution in [3.05, 3.63) is 64.7 Å². The maximum Gasteiger partial charge on any atom is 0.261 e. The minimum absolute atomic E-state index is 0.311. The SMILES string of the molecule is COc1cc(C=C2C(=O)N(C)C(=O)C2=Cc2ccccc2)cc(OC)c1OC. The molecule has 28 heavy (non-hydrogen) atoms. The van der Waals surface area contributed by atoms with E-state index in [4.69, 9.17) is 14.2 Å². The van der Waals surface area contributed by atoms with E-state index in [1.807, 2.05) is 30.3 Å². The van der Waals surface area contributed by atoms with Crippen LogP contribution in [0.1, 0.15) is 11.1 Å². The summed E-state index contributed by atoms with van der Waals surface area (Å²) in [6.45, 7) is 0. The van der Waals surface area contributed by atoms with Crippen molar-refractivity contribution in [3.8, 4) is 17.2 Å². The van der Waals surface area contributed by atoms with E-state index in [1.165, 1.54) is 28.4 Å². The van der Waals surface area contributed by atoms with Gasteiger partial charge in [0, 0.05) is 7.05 Å². The third kappa shape index (κ3) is 3.49. The second-order valence-electron chi connectivity index (χ2n) is 6.15. The zero-order valence-corrected chi connectivity index (χ0v) is 16.2. The third-order valence-corrected chi connectivity index (χ3v) is 4.47. The quantitative estimate of drug-likeness (QED) is 0.590. The highest BCUT2D eigenvalue weighted by molar-refractivity contribution is 6.28. The molecular weight excluding hydrogens is 358 g/mol. The van der Waals surface area contributed by atoms with Gasteiger partial charge in [0.2, 0.25) is 5.75 Å².